The highest BCUT2D eigenvalue weighted by atomic mass is 32.2. The minimum absolute atomic E-state index is 0.311. The lowest BCUT2D eigenvalue weighted by atomic mass is 10.3. The van der Waals surface area contributed by atoms with Gasteiger partial charge < -0.3 is 4.74 Å². The van der Waals surface area contributed by atoms with Crippen molar-refractivity contribution >= 4 is 40.8 Å². The molecule has 2 heterocycles. The lowest BCUT2D eigenvalue weighted by molar-refractivity contribution is 0.0520. The first-order valence-corrected chi connectivity index (χ1v) is 8.56. The first-order chi connectivity index (χ1) is 9.63. The molecule has 2 rings (SSSR count). The van der Waals surface area contributed by atoms with Gasteiger partial charge in [-0.1, -0.05) is 23.1 Å². The maximum Gasteiger partial charge on any atom is 0.342 e. The third-order valence-corrected chi connectivity index (χ3v) is 4.56. The molecule has 0 aliphatic rings. The van der Waals surface area contributed by atoms with E-state index >= 15 is 0 Å². The van der Waals surface area contributed by atoms with E-state index in [1.54, 1.807) is 6.92 Å². The smallest absolute Gasteiger partial charge is 0.342 e. The number of esters is 1. The molecule has 0 aliphatic heterocycles. The SMILES string of the molecule is CCOC(=O)c1cnc(SC)nc1Sc1nnc(C)s1. The van der Waals surface area contributed by atoms with E-state index in [1.165, 1.54) is 41.1 Å². The molecule has 0 N–H and O–H groups in total. The number of nitrogens with zero attached hydrogens (tertiary/aromatic N) is 4. The number of rotatable bonds is 5. The van der Waals surface area contributed by atoms with Crippen molar-refractivity contribution in [2.75, 3.05) is 12.9 Å². The lowest BCUT2D eigenvalue weighted by Crippen LogP contribution is -2.08. The number of hydrogen-bond donors (Lipinski definition) is 0. The van der Waals surface area contributed by atoms with E-state index in [0.29, 0.717) is 22.4 Å². The molecule has 0 fully saturated rings. The summed E-state index contributed by atoms with van der Waals surface area (Å²) in [5.74, 6) is -0.427. The summed E-state index contributed by atoms with van der Waals surface area (Å²) in [4.78, 5) is 20.4. The predicted octanol–water partition coefficient (Wildman–Crippen LogP) is 2.69. The molecule has 2 aromatic rings. The average Bonchev–Trinajstić information content (AvgIpc) is 2.84. The first kappa shape index (κ1) is 15.2. The van der Waals surface area contributed by atoms with Crippen LogP contribution in [-0.2, 0) is 4.74 Å². The second-order valence-electron chi connectivity index (χ2n) is 3.49. The van der Waals surface area contributed by atoms with Gasteiger partial charge in [-0.25, -0.2) is 14.8 Å². The van der Waals surface area contributed by atoms with E-state index in [2.05, 4.69) is 20.2 Å². The Morgan fingerprint density at radius 2 is 2.25 bits per heavy atom. The van der Waals surface area contributed by atoms with Gasteiger partial charge in [-0.2, -0.15) is 0 Å². The van der Waals surface area contributed by atoms with Gasteiger partial charge in [0.1, 0.15) is 15.6 Å². The zero-order valence-corrected chi connectivity index (χ0v) is 13.6. The van der Waals surface area contributed by atoms with Crippen LogP contribution in [0.3, 0.4) is 0 Å². The Morgan fingerprint density at radius 1 is 1.45 bits per heavy atom. The summed E-state index contributed by atoms with van der Waals surface area (Å²) in [5, 5.41) is 9.98. The molecule has 0 saturated heterocycles. The Balaban J connectivity index is 2.34. The van der Waals surface area contributed by atoms with Gasteiger partial charge in [0, 0.05) is 6.20 Å². The normalized spacial score (nSPS) is 10.6. The summed E-state index contributed by atoms with van der Waals surface area (Å²) in [5.41, 5.74) is 0.350. The fourth-order valence-electron chi connectivity index (χ4n) is 1.28. The Morgan fingerprint density at radius 3 is 2.85 bits per heavy atom. The number of hydrogen-bond acceptors (Lipinski definition) is 9. The Hall–Kier alpha value is -1.19. The topological polar surface area (TPSA) is 77.9 Å². The molecule has 0 atom stereocenters. The summed E-state index contributed by atoms with van der Waals surface area (Å²) < 4.78 is 5.75. The monoisotopic (exact) mass is 328 g/mol. The maximum absolute atomic E-state index is 11.9. The highest BCUT2D eigenvalue weighted by Gasteiger charge is 2.18. The van der Waals surface area contributed by atoms with Crippen molar-refractivity contribution in [3.63, 3.8) is 0 Å². The van der Waals surface area contributed by atoms with Gasteiger partial charge in [-0.3, -0.25) is 0 Å². The molecule has 106 valence electrons. The molecule has 0 saturated carbocycles. The molecule has 0 radical (unpaired) electrons. The fourth-order valence-corrected chi connectivity index (χ4v) is 3.48. The summed E-state index contributed by atoms with van der Waals surface area (Å²) in [6.07, 6.45) is 3.37. The van der Waals surface area contributed by atoms with Crippen LogP contribution in [0.4, 0.5) is 0 Å². The van der Waals surface area contributed by atoms with Crippen LogP contribution in [-0.4, -0.2) is 39.0 Å². The number of thioether (sulfide) groups is 1. The van der Waals surface area contributed by atoms with Gasteiger partial charge in [-0.05, 0) is 31.9 Å². The number of aromatic nitrogens is 4. The second kappa shape index (κ2) is 7.00. The van der Waals surface area contributed by atoms with Crippen LogP contribution in [0.15, 0.2) is 20.7 Å². The number of carbonyl (C=O) groups excluding carboxylic acids is 1. The fraction of sp³-hybridized carbons (Fsp3) is 0.364. The van der Waals surface area contributed by atoms with Crippen LogP contribution >= 0.6 is 34.9 Å². The molecule has 2 aromatic heterocycles. The maximum atomic E-state index is 11.9. The van der Waals surface area contributed by atoms with Gasteiger partial charge >= 0.3 is 5.97 Å². The standard InChI is InChI=1S/C11H12N4O2S3/c1-4-17-9(16)7-5-12-10(18-3)13-8(7)20-11-15-14-6(2)19-11/h5H,4H2,1-3H3. The van der Waals surface area contributed by atoms with Gasteiger partial charge in [0.05, 0.1) is 6.61 Å². The highest BCUT2D eigenvalue weighted by Crippen LogP contribution is 2.31. The minimum atomic E-state index is -0.427. The summed E-state index contributed by atoms with van der Waals surface area (Å²) in [6, 6.07) is 0. The van der Waals surface area contributed by atoms with Crippen LogP contribution in [0.1, 0.15) is 22.3 Å². The van der Waals surface area contributed by atoms with E-state index in [1.807, 2.05) is 13.2 Å². The molecular formula is C11H12N4O2S3. The molecule has 0 spiro atoms. The Bertz CT molecular complexity index is 617. The van der Waals surface area contributed by atoms with Crippen molar-refractivity contribution in [2.45, 2.75) is 28.4 Å². The zero-order chi connectivity index (χ0) is 14.5. The largest absolute Gasteiger partial charge is 0.462 e. The van der Waals surface area contributed by atoms with E-state index in [4.69, 9.17) is 4.74 Å². The highest BCUT2D eigenvalue weighted by molar-refractivity contribution is 8.01. The second-order valence-corrected chi connectivity index (χ2v) is 6.68. The zero-order valence-electron chi connectivity index (χ0n) is 11.1. The minimum Gasteiger partial charge on any atom is -0.462 e. The summed E-state index contributed by atoms with van der Waals surface area (Å²) in [6.45, 7) is 3.95. The molecule has 0 bridgehead atoms. The molecule has 0 aromatic carbocycles. The van der Waals surface area contributed by atoms with Crippen LogP contribution in [0.2, 0.25) is 0 Å². The van der Waals surface area contributed by atoms with Crippen LogP contribution in [0.25, 0.3) is 0 Å². The van der Waals surface area contributed by atoms with E-state index < -0.39 is 5.97 Å². The first-order valence-electron chi connectivity index (χ1n) is 5.70. The van der Waals surface area contributed by atoms with E-state index in [9.17, 15) is 4.79 Å². The number of carbonyl (C=O) groups is 1. The molecular weight excluding hydrogens is 316 g/mol. The lowest BCUT2D eigenvalue weighted by Gasteiger charge is -2.06. The van der Waals surface area contributed by atoms with Crippen molar-refractivity contribution in [1.82, 2.24) is 20.2 Å². The quantitative estimate of drug-likeness (QED) is 0.359. The van der Waals surface area contributed by atoms with Crippen LogP contribution < -0.4 is 0 Å². The van der Waals surface area contributed by atoms with Crippen LogP contribution in [0, 0.1) is 6.92 Å². The third kappa shape index (κ3) is 3.68. The summed E-state index contributed by atoms with van der Waals surface area (Å²) in [7, 11) is 0. The van der Waals surface area contributed by atoms with Crippen molar-refractivity contribution < 1.29 is 9.53 Å². The number of aryl methyl sites for hydroxylation is 1. The number of ether oxygens (including phenoxy) is 1. The third-order valence-electron chi connectivity index (χ3n) is 2.10. The van der Waals surface area contributed by atoms with Gasteiger partial charge in [0.25, 0.3) is 0 Å². The van der Waals surface area contributed by atoms with Gasteiger partial charge in [0.2, 0.25) is 0 Å². The summed E-state index contributed by atoms with van der Waals surface area (Å²) >= 11 is 4.16. The van der Waals surface area contributed by atoms with Crippen molar-refractivity contribution in [3.8, 4) is 0 Å². The van der Waals surface area contributed by atoms with E-state index in [-0.39, 0.29) is 0 Å². The van der Waals surface area contributed by atoms with Crippen molar-refractivity contribution in [2.24, 2.45) is 0 Å². The Kier molecular flexibility index (Phi) is 5.32. The average molecular weight is 328 g/mol. The molecule has 6 nitrogen and oxygen atoms in total. The Labute approximate surface area is 128 Å². The van der Waals surface area contributed by atoms with Crippen molar-refractivity contribution in [3.05, 3.63) is 16.8 Å². The van der Waals surface area contributed by atoms with Gasteiger partial charge in [0.15, 0.2) is 9.50 Å². The van der Waals surface area contributed by atoms with E-state index in [0.717, 1.165) is 9.35 Å². The molecule has 0 unspecified atom stereocenters. The molecule has 20 heavy (non-hydrogen) atoms. The molecule has 0 aliphatic carbocycles. The van der Waals surface area contributed by atoms with Crippen molar-refractivity contribution in [1.29, 1.82) is 0 Å². The molecule has 9 heteroatoms. The molecule has 0 amide bonds. The van der Waals surface area contributed by atoms with Gasteiger partial charge in [-0.15, -0.1) is 10.2 Å². The predicted molar refractivity (Wildman–Crippen MR) is 78.5 cm³/mol. The van der Waals surface area contributed by atoms with Crippen LogP contribution in [0.5, 0.6) is 0 Å².